The molecule has 0 aromatic heterocycles. The summed E-state index contributed by atoms with van der Waals surface area (Å²) in [5, 5.41) is 21.0. The second kappa shape index (κ2) is 18.1. The summed E-state index contributed by atoms with van der Waals surface area (Å²) < 4.78 is 15.0. The first-order chi connectivity index (χ1) is 21.4. The van der Waals surface area contributed by atoms with Gasteiger partial charge in [-0.25, -0.2) is 14.4 Å². The maximum Gasteiger partial charge on any atom is 0.514 e. The number of non-ortho nitro benzene ring substituents is 1. The number of rotatable bonds is 16. The van der Waals surface area contributed by atoms with Crippen molar-refractivity contribution in [3.8, 4) is 5.75 Å². The fraction of sp³-hybridized carbons (Fsp3) is 0.345. The van der Waals surface area contributed by atoms with Crippen molar-refractivity contribution in [2.24, 2.45) is 11.7 Å². The summed E-state index contributed by atoms with van der Waals surface area (Å²) in [5.74, 6) is -1.45. The molecule has 2 aromatic carbocycles. The lowest BCUT2D eigenvalue weighted by atomic mass is 10.0. The molecule has 0 radical (unpaired) electrons. The molecule has 0 fully saturated rings. The molecule has 2 aromatic rings. The fourth-order valence-electron chi connectivity index (χ4n) is 3.70. The topological polar surface area (TPSA) is 230 Å². The normalized spacial score (nSPS) is 11.7. The number of carbonyl (C=O) groups is 5. The van der Waals surface area contributed by atoms with E-state index in [2.05, 4.69) is 27.8 Å². The van der Waals surface area contributed by atoms with Crippen molar-refractivity contribution in [3.05, 3.63) is 76.9 Å². The summed E-state index contributed by atoms with van der Waals surface area (Å²) in [6.45, 7) is 6.84. The highest BCUT2D eigenvalue weighted by Gasteiger charge is 2.29. The van der Waals surface area contributed by atoms with Crippen LogP contribution in [-0.4, -0.2) is 60.3 Å². The maximum atomic E-state index is 13.2. The lowest BCUT2D eigenvalue weighted by Gasteiger charge is -2.25. The van der Waals surface area contributed by atoms with Gasteiger partial charge in [0.2, 0.25) is 11.8 Å². The number of amides is 5. The third kappa shape index (κ3) is 13.0. The van der Waals surface area contributed by atoms with Gasteiger partial charge in [0, 0.05) is 24.4 Å². The molecular formula is C29H36N6O10. The predicted molar refractivity (Wildman–Crippen MR) is 161 cm³/mol. The monoisotopic (exact) mass is 628 g/mol. The summed E-state index contributed by atoms with van der Waals surface area (Å²) in [6, 6.07) is 8.40. The van der Waals surface area contributed by atoms with Gasteiger partial charge in [-0.2, -0.15) is 0 Å². The van der Waals surface area contributed by atoms with Gasteiger partial charge in [-0.3, -0.25) is 19.7 Å². The van der Waals surface area contributed by atoms with Gasteiger partial charge in [0.15, 0.2) is 0 Å². The molecule has 0 saturated heterocycles. The number of nitro groups is 1. The van der Waals surface area contributed by atoms with Crippen molar-refractivity contribution >= 4 is 41.5 Å². The smallest absolute Gasteiger partial charge is 0.445 e. The second-order valence-corrected chi connectivity index (χ2v) is 9.83. The van der Waals surface area contributed by atoms with Crippen LogP contribution in [0.1, 0.15) is 32.3 Å². The Morgan fingerprint density at radius 3 is 2.22 bits per heavy atom. The first-order valence-corrected chi connectivity index (χ1v) is 13.8. The van der Waals surface area contributed by atoms with Crippen LogP contribution in [0.5, 0.6) is 5.75 Å². The van der Waals surface area contributed by atoms with Crippen molar-refractivity contribution < 1.29 is 43.1 Å². The number of nitro benzene ring substituents is 1. The van der Waals surface area contributed by atoms with Crippen LogP contribution in [0.3, 0.4) is 0 Å². The van der Waals surface area contributed by atoms with Crippen molar-refractivity contribution in [3.63, 3.8) is 0 Å². The summed E-state index contributed by atoms with van der Waals surface area (Å²) in [7, 11) is 0. The van der Waals surface area contributed by atoms with Gasteiger partial charge in [0.25, 0.3) is 5.69 Å². The van der Waals surface area contributed by atoms with Crippen molar-refractivity contribution in [2.45, 2.75) is 45.4 Å². The summed E-state index contributed by atoms with van der Waals surface area (Å²) in [6.07, 6.45) is -0.0307. The number of nitrogens with two attached hydrogens (primary N) is 1. The molecule has 5 amide bonds. The summed E-state index contributed by atoms with van der Waals surface area (Å²) >= 11 is 0. The highest BCUT2D eigenvalue weighted by Crippen LogP contribution is 2.18. The Hall–Kier alpha value is -5.67. The number of nitrogens with one attached hydrogen (secondary N) is 4. The Morgan fingerprint density at radius 2 is 1.64 bits per heavy atom. The van der Waals surface area contributed by atoms with Crippen LogP contribution in [0.4, 0.5) is 25.8 Å². The molecule has 0 bridgehead atoms. The Morgan fingerprint density at radius 1 is 0.978 bits per heavy atom. The van der Waals surface area contributed by atoms with Crippen LogP contribution in [0, 0.1) is 16.0 Å². The number of alkyl carbamates (subject to hydrolysis) is 1. The van der Waals surface area contributed by atoms with Crippen LogP contribution in [0.15, 0.2) is 61.2 Å². The highest BCUT2D eigenvalue weighted by atomic mass is 16.7. The van der Waals surface area contributed by atoms with Gasteiger partial charge in [-0.1, -0.05) is 38.6 Å². The quantitative estimate of drug-likeness (QED) is 0.0455. The minimum absolute atomic E-state index is 0.0483. The fourth-order valence-corrected chi connectivity index (χ4v) is 3.70. The van der Waals surface area contributed by atoms with Gasteiger partial charge in [-0.05, 0) is 48.6 Å². The van der Waals surface area contributed by atoms with Crippen LogP contribution in [0.25, 0.3) is 0 Å². The standard InChI is InChI=1S/C29H36N6O10/c1-4-16-43-28(39)34-24(18(2)3)26(37)33-23(6-5-15-31-27(30)38)25(36)32-20-9-7-19(8-10-20)17-44-29(40)45-22-13-11-21(12-14-22)35(41)42/h4,7-14,18,23-24H,1,5-6,15-17H2,2-3H3,(H,32,36)(H,33,37)(H,34,39)(H3,30,31,38)/t23-,24-/m0/s1. The zero-order valence-corrected chi connectivity index (χ0v) is 24.8. The zero-order valence-electron chi connectivity index (χ0n) is 24.8. The first-order valence-electron chi connectivity index (χ1n) is 13.8. The van der Waals surface area contributed by atoms with E-state index in [0.717, 1.165) is 0 Å². The zero-order chi connectivity index (χ0) is 33.4. The lowest BCUT2D eigenvalue weighted by Crippen LogP contribution is -2.54. The highest BCUT2D eigenvalue weighted by molar-refractivity contribution is 5.98. The van der Waals surface area contributed by atoms with Gasteiger partial charge >= 0.3 is 18.3 Å². The van der Waals surface area contributed by atoms with Crippen LogP contribution in [-0.2, 0) is 25.7 Å². The third-order valence-electron chi connectivity index (χ3n) is 5.98. The first kappa shape index (κ1) is 35.5. The number of nitrogens with zero attached hydrogens (tertiary/aromatic N) is 1. The molecule has 16 heteroatoms. The molecular weight excluding hydrogens is 592 g/mol. The van der Waals surface area contributed by atoms with E-state index in [1.807, 2.05) is 0 Å². The van der Waals surface area contributed by atoms with E-state index in [0.29, 0.717) is 17.7 Å². The molecule has 2 atom stereocenters. The molecule has 0 saturated carbocycles. The molecule has 0 aliphatic heterocycles. The molecule has 0 aliphatic carbocycles. The summed E-state index contributed by atoms with van der Waals surface area (Å²) in [4.78, 5) is 71.4. The van der Waals surface area contributed by atoms with Gasteiger partial charge < -0.3 is 41.2 Å². The average Bonchev–Trinajstić information content (AvgIpc) is 2.99. The number of ether oxygens (including phenoxy) is 3. The number of anilines is 1. The summed E-state index contributed by atoms with van der Waals surface area (Å²) in [5.41, 5.74) is 5.87. The van der Waals surface area contributed by atoms with Gasteiger partial charge in [-0.15, -0.1) is 0 Å². The predicted octanol–water partition coefficient (Wildman–Crippen LogP) is 3.12. The van der Waals surface area contributed by atoms with Gasteiger partial charge in [0.1, 0.15) is 31.0 Å². The molecule has 6 N–H and O–H groups in total. The van der Waals surface area contributed by atoms with Crippen LogP contribution < -0.4 is 31.7 Å². The van der Waals surface area contributed by atoms with E-state index in [9.17, 15) is 34.1 Å². The van der Waals surface area contributed by atoms with E-state index >= 15 is 0 Å². The Bertz CT molecular complexity index is 1350. The minimum atomic E-state index is -1.04. The van der Waals surface area contributed by atoms with Crippen LogP contribution in [0.2, 0.25) is 0 Å². The lowest BCUT2D eigenvalue weighted by molar-refractivity contribution is -0.384. The number of benzene rings is 2. The Kier molecular flexibility index (Phi) is 14.3. The van der Waals surface area contributed by atoms with E-state index in [1.54, 1.807) is 38.1 Å². The molecule has 2 rings (SSSR count). The molecule has 0 spiro atoms. The number of primary amides is 1. The van der Waals surface area contributed by atoms with Gasteiger partial charge in [0.05, 0.1) is 4.92 Å². The molecule has 0 unspecified atom stereocenters. The van der Waals surface area contributed by atoms with Crippen molar-refractivity contribution in [1.82, 2.24) is 16.0 Å². The molecule has 45 heavy (non-hydrogen) atoms. The molecule has 16 nitrogen and oxygen atoms in total. The molecule has 0 heterocycles. The maximum absolute atomic E-state index is 13.2. The van der Waals surface area contributed by atoms with E-state index in [-0.39, 0.29) is 43.5 Å². The number of hydrogen-bond acceptors (Lipinski definition) is 10. The number of urea groups is 1. The Labute approximate surface area is 258 Å². The minimum Gasteiger partial charge on any atom is -0.445 e. The van der Waals surface area contributed by atoms with E-state index < -0.39 is 47.1 Å². The number of hydrogen-bond donors (Lipinski definition) is 5. The van der Waals surface area contributed by atoms with Crippen LogP contribution >= 0.6 is 0 Å². The largest absolute Gasteiger partial charge is 0.514 e. The molecule has 0 aliphatic rings. The van der Waals surface area contributed by atoms with Crippen molar-refractivity contribution in [1.29, 1.82) is 0 Å². The second-order valence-electron chi connectivity index (χ2n) is 9.83. The SMILES string of the molecule is C=CCOC(=O)N[C@H](C(=O)N[C@@H](CCCNC(N)=O)C(=O)Nc1ccc(COC(=O)Oc2ccc([N+](=O)[O-])cc2)cc1)C(C)C. The number of carbonyl (C=O) groups excluding carboxylic acids is 5. The third-order valence-corrected chi connectivity index (χ3v) is 5.98. The Balaban J connectivity index is 2.00. The van der Waals surface area contributed by atoms with Crippen molar-refractivity contribution in [2.75, 3.05) is 18.5 Å². The average molecular weight is 629 g/mol. The van der Waals surface area contributed by atoms with E-state index in [1.165, 1.54) is 30.3 Å². The van der Waals surface area contributed by atoms with E-state index in [4.69, 9.17) is 19.9 Å². The molecule has 242 valence electrons.